The molecule has 0 radical (unpaired) electrons. The van der Waals surface area contributed by atoms with Gasteiger partial charge >= 0.3 is 0 Å². The molecule has 0 aromatic rings. The first kappa shape index (κ1) is 24.2. The Hall–Kier alpha value is 0.220. The van der Waals surface area contributed by atoms with E-state index in [1.54, 1.807) is 0 Å². The Morgan fingerprint density at radius 1 is 0.792 bits per heavy atom. The minimum Gasteiger partial charge on any atom is -0.725 e. The van der Waals surface area contributed by atoms with E-state index in [4.69, 9.17) is 0 Å². The highest BCUT2D eigenvalue weighted by atomic mass is 32.3. The predicted molar refractivity (Wildman–Crippen MR) is 104 cm³/mol. The Morgan fingerprint density at radius 2 is 1.17 bits per heavy atom. The molecule has 6 heteroatoms. The Bertz CT molecular complexity index is 358. The lowest BCUT2D eigenvalue weighted by atomic mass is 10.0. The second-order valence-corrected chi connectivity index (χ2v) is 8.70. The molecule has 0 aromatic carbocycles. The van der Waals surface area contributed by atoms with Crippen LogP contribution in [0, 0.1) is 0 Å². The Labute approximate surface area is 154 Å². The van der Waals surface area contributed by atoms with Crippen LogP contribution in [0.1, 0.15) is 103 Å². The molecule has 0 aromatic heterocycles. The van der Waals surface area contributed by atoms with Crippen LogP contribution in [0.2, 0.25) is 0 Å². The molecule has 0 aliphatic rings. The van der Waals surface area contributed by atoms with Crippen molar-refractivity contribution < 1.29 is 17.2 Å². The van der Waals surface area contributed by atoms with Gasteiger partial charge in [-0.15, -0.1) is 0 Å². The van der Waals surface area contributed by atoms with Gasteiger partial charge < -0.3 is 4.55 Å². The van der Waals surface area contributed by atoms with Crippen molar-refractivity contribution >= 4 is 22.2 Å². The number of hydrogen-bond donors (Lipinski definition) is 0. The third kappa shape index (κ3) is 18.6. The zero-order chi connectivity index (χ0) is 18.1. The second kappa shape index (κ2) is 16.7. The first-order valence-electron chi connectivity index (χ1n) is 9.72. The average molecular weight is 383 g/mol. The summed E-state index contributed by atoms with van der Waals surface area (Å²) >= 11 is 0.807. The normalized spacial score (nSPS) is 13.3. The lowest BCUT2D eigenvalue weighted by Gasteiger charge is -2.12. The number of thiol groups is 1. The molecule has 0 aliphatic heterocycles. The van der Waals surface area contributed by atoms with Gasteiger partial charge in [0.05, 0.1) is 6.26 Å². The van der Waals surface area contributed by atoms with E-state index in [1.807, 2.05) is 6.26 Å². The van der Waals surface area contributed by atoms with Gasteiger partial charge in [0.2, 0.25) is 15.8 Å². The fourth-order valence-corrected chi connectivity index (χ4v) is 4.34. The Balaban J connectivity index is 3.27. The van der Waals surface area contributed by atoms with Crippen LogP contribution in [-0.2, 0) is 26.3 Å². The molecule has 24 heavy (non-hydrogen) atoms. The van der Waals surface area contributed by atoms with Gasteiger partial charge in [-0.3, -0.25) is 0 Å². The van der Waals surface area contributed by atoms with Crippen molar-refractivity contribution in [2.45, 2.75) is 109 Å². The molecular weight excluding hydrogens is 344 g/mol. The van der Waals surface area contributed by atoms with Crippen molar-refractivity contribution in [2.75, 3.05) is 6.26 Å². The van der Waals surface area contributed by atoms with Gasteiger partial charge in [0, 0.05) is 18.2 Å². The summed E-state index contributed by atoms with van der Waals surface area (Å²) in [5.74, 6) is 0. The SMILES string of the molecule is CCCCCCCCCCCCCCCCC(OS(=O)(=O)[O-])[SH+]C. The van der Waals surface area contributed by atoms with Crippen LogP contribution in [0.5, 0.6) is 0 Å². The van der Waals surface area contributed by atoms with Crippen LogP contribution in [0.4, 0.5) is 0 Å². The monoisotopic (exact) mass is 382 g/mol. The molecule has 0 spiro atoms. The molecule has 0 saturated heterocycles. The summed E-state index contributed by atoms with van der Waals surface area (Å²) in [5, 5.41) is 0. The van der Waals surface area contributed by atoms with Crippen molar-refractivity contribution in [1.82, 2.24) is 0 Å². The van der Waals surface area contributed by atoms with Gasteiger partial charge in [-0.25, -0.2) is 12.6 Å². The lowest BCUT2D eigenvalue weighted by molar-refractivity contribution is 0.231. The molecule has 0 aliphatic carbocycles. The third-order valence-electron chi connectivity index (χ3n) is 4.32. The van der Waals surface area contributed by atoms with Crippen LogP contribution in [0.15, 0.2) is 0 Å². The number of unbranched alkanes of at least 4 members (excludes halogenated alkanes) is 13. The van der Waals surface area contributed by atoms with Gasteiger partial charge in [0.1, 0.15) is 0 Å². The van der Waals surface area contributed by atoms with E-state index in [0.717, 1.165) is 24.6 Å². The largest absolute Gasteiger partial charge is 0.725 e. The summed E-state index contributed by atoms with van der Waals surface area (Å²) in [6.07, 6.45) is 20.6. The first-order valence-corrected chi connectivity index (χ1v) is 12.5. The van der Waals surface area contributed by atoms with Crippen molar-refractivity contribution in [3.05, 3.63) is 0 Å². The minimum absolute atomic E-state index is 0.468. The van der Waals surface area contributed by atoms with E-state index < -0.39 is 15.8 Å². The first-order chi connectivity index (χ1) is 11.5. The van der Waals surface area contributed by atoms with Crippen LogP contribution in [0.25, 0.3) is 0 Å². The maximum atomic E-state index is 10.6. The minimum atomic E-state index is -4.56. The molecule has 146 valence electrons. The molecule has 0 bridgehead atoms. The molecule has 0 N–H and O–H groups in total. The van der Waals surface area contributed by atoms with Crippen LogP contribution >= 0.6 is 0 Å². The molecule has 4 nitrogen and oxygen atoms in total. The summed E-state index contributed by atoms with van der Waals surface area (Å²) in [4.78, 5) is 0. The molecule has 0 saturated carbocycles. The van der Waals surface area contributed by atoms with E-state index in [-0.39, 0.29) is 0 Å². The van der Waals surface area contributed by atoms with Crippen LogP contribution < -0.4 is 0 Å². The standard InChI is InChI=1S/C18H38O4S2/c1-3-4-5-6-7-8-9-10-11-12-13-14-15-16-17-18(23-2)22-24(19,20)21/h18H,3-17H2,1-2H3,(H,19,20,21). The summed E-state index contributed by atoms with van der Waals surface area (Å²) < 4.78 is 36.2. The molecule has 0 fully saturated rings. The van der Waals surface area contributed by atoms with Crippen molar-refractivity contribution in [3.63, 3.8) is 0 Å². The quantitative estimate of drug-likeness (QED) is 0.109. The second-order valence-electron chi connectivity index (χ2n) is 6.60. The van der Waals surface area contributed by atoms with Crippen LogP contribution in [-0.4, -0.2) is 24.7 Å². The smallest absolute Gasteiger partial charge is 0.231 e. The maximum absolute atomic E-state index is 10.6. The molecule has 0 rings (SSSR count). The zero-order valence-electron chi connectivity index (χ0n) is 15.7. The number of hydrogen-bond acceptors (Lipinski definition) is 4. The van der Waals surface area contributed by atoms with Gasteiger partial charge in [0.15, 0.2) is 0 Å². The zero-order valence-corrected chi connectivity index (χ0v) is 17.4. The van der Waals surface area contributed by atoms with E-state index in [9.17, 15) is 13.0 Å². The van der Waals surface area contributed by atoms with Gasteiger partial charge in [-0.2, -0.15) is 0 Å². The summed E-state index contributed by atoms with van der Waals surface area (Å²) in [6, 6.07) is 0. The highest BCUT2D eigenvalue weighted by molar-refractivity contribution is 7.82. The highest BCUT2D eigenvalue weighted by Gasteiger charge is 2.16. The maximum Gasteiger partial charge on any atom is 0.231 e. The van der Waals surface area contributed by atoms with Crippen LogP contribution in [0.3, 0.4) is 0 Å². The molecular formula is C18H38O4S2. The summed E-state index contributed by atoms with van der Waals surface area (Å²) in [7, 11) is -4.56. The van der Waals surface area contributed by atoms with Gasteiger partial charge in [0.25, 0.3) is 0 Å². The number of rotatable bonds is 18. The van der Waals surface area contributed by atoms with E-state index in [1.165, 1.54) is 77.0 Å². The van der Waals surface area contributed by atoms with Gasteiger partial charge in [-0.05, 0) is 6.42 Å². The fraction of sp³-hybridized carbons (Fsp3) is 1.00. The summed E-state index contributed by atoms with van der Waals surface area (Å²) in [6.45, 7) is 2.26. The highest BCUT2D eigenvalue weighted by Crippen LogP contribution is 2.15. The summed E-state index contributed by atoms with van der Waals surface area (Å²) in [5.41, 5.74) is -0.468. The fourth-order valence-electron chi connectivity index (χ4n) is 2.87. The topological polar surface area (TPSA) is 66.4 Å². The average Bonchev–Trinajstić information content (AvgIpc) is 2.53. The van der Waals surface area contributed by atoms with E-state index >= 15 is 0 Å². The van der Waals surface area contributed by atoms with Crippen molar-refractivity contribution in [2.24, 2.45) is 0 Å². The Kier molecular flexibility index (Phi) is 16.8. The predicted octanol–water partition coefficient (Wildman–Crippen LogP) is 5.11. The molecule has 1 unspecified atom stereocenters. The molecule has 0 heterocycles. The van der Waals surface area contributed by atoms with Crippen molar-refractivity contribution in [1.29, 1.82) is 0 Å². The van der Waals surface area contributed by atoms with E-state index in [0.29, 0.717) is 6.42 Å². The van der Waals surface area contributed by atoms with Crippen molar-refractivity contribution in [3.8, 4) is 0 Å². The van der Waals surface area contributed by atoms with Gasteiger partial charge in [-0.1, -0.05) is 90.4 Å². The van der Waals surface area contributed by atoms with E-state index in [2.05, 4.69) is 11.1 Å². The Morgan fingerprint density at radius 3 is 1.50 bits per heavy atom. The third-order valence-corrected chi connectivity index (χ3v) is 5.87. The lowest BCUT2D eigenvalue weighted by Crippen LogP contribution is -2.19. The molecule has 1 atom stereocenters. The molecule has 0 amide bonds.